The molecule has 1 N–H and O–H groups in total. The second-order valence-electron chi connectivity index (χ2n) is 6.45. The van der Waals surface area contributed by atoms with E-state index >= 15 is 0 Å². The lowest BCUT2D eigenvalue weighted by Gasteiger charge is -2.29. The van der Waals surface area contributed by atoms with Crippen LogP contribution in [0, 0.1) is 5.82 Å². The molecular weight excluding hydrogens is 293 g/mol. The van der Waals surface area contributed by atoms with E-state index in [1.165, 1.54) is 38.4 Å². The summed E-state index contributed by atoms with van der Waals surface area (Å²) >= 11 is 0. The van der Waals surface area contributed by atoms with E-state index in [9.17, 15) is 4.39 Å². The van der Waals surface area contributed by atoms with Crippen molar-refractivity contribution in [3.05, 3.63) is 24.0 Å². The van der Waals surface area contributed by atoms with Gasteiger partial charge in [-0.2, -0.15) is 0 Å². The molecule has 128 valence electrons. The van der Waals surface area contributed by atoms with Crippen molar-refractivity contribution in [2.45, 2.75) is 25.7 Å². The van der Waals surface area contributed by atoms with E-state index in [0.717, 1.165) is 39.1 Å². The van der Waals surface area contributed by atoms with Crippen molar-refractivity contribution < 1.29 is 9.13 Å². The third-order valence-electron chi connectivity index (χ3n) is 4.71. The lowest BCUT2D eigenvalue weighted by atomic mass is 10.1. The van der Waals surface area contributed by atoms with E-state index in [4.69, 9.17) is 4.74 Å². The van der Waals surface area contributed by atoms with Crippen molar-refractivity contribution in [3.63, 3.8) is 0 Å². The third kappa shape index (κ3) is 4.82. The summed E-state index contributed by atoms with van der Waals surface area (Å²) in [5, 5.41) is 3.28. The van der Waals surface area contributed by atoms with Crippen molar-refractivity contribution in [2.24, 2.45) is 0 Å². The number of rotatable bonds is 6. The van der Waals surface area contributed by atoms with Crippen molar-refractivity contribution in [1.29, 1.82) is 0 Å². The monoisotopic (exact) mass is 321 g/mol. The molecule has 23 heavy (non-hydrogen) atoms. The van der Waals surface area contributed by atoms with Gasteiger partial charge < -0.3 is 19.9 Å². The smallest absolute Gasteiger partial charge is 0.150 e. The minimum Gasteiger partial charge on any atom is -0.493 e. The Morgan fingerprint density at radius 1 is 1.04 bits per heavy atom. The van der Waals surface area contributed by atoms with Gasteiger partial charge in [0.2, 0.25) is 0 Å². The van der Waals surface area contributed by atoms with Gasteiger partial charge in [0, 0.05) is 38.8 Å². The first-order valence-corrected chi connectivity index (χ1v) is 8.93. The molecule has 0 bridgehead atoms. The number of piperazine rings is 1. The predicted molar refractivity (Wildman–Crippen MR) is 91.9 cm³/mol. The minimum absolute atomic E-state index is 0.180. The lowest BCUT2D eigenvalue weighted by molar-refractivity contribution is 0.205. The Labute approximate surface area is 138 Å². The molecule has 4 nitrogen and oxygen atoms in total. The zero-order valence-corrected chi connectivity index (χ0v) is 13.9. The number of anilines is 1. The molecule has 3 rings (SSSR count). The third-order valence-corrected chi connectivity index (χ3v) is 4.71. The minimum atomic E-state index is -0.180. The summed E-state index contributed by atoms with van der Waals surface area (Å²) in [6.45, 7) is 7.70. The van der Waals surface area contributed by atoms with E-state index in [1.54, 1.807) is 0 Å². The molecular formula is C18H28FN3O. The zero-order chi connectivity index (χ0) is 15.9. The maximum absolute atomic E-state index is 14.3. The summed E-state index contributed by atoms with van der Waals surface area (Å²) in [4.78, 5) is 4.59. The van der Waals surface area contributed by atoms with E-state index in [-0.39, 0.29) is 5.82 Å². The average molecular weight is 321 g/mol. The number of hydrogen-bond donors (Lipinski definition) is 1. The standard InChI is InChI=1S/C18H28FN3O/c19-17-15-16(5-6-18(17)22-12-7-20-8-13-22)23-14-4-11-21-9-2-1-3-10-21/h5-6,15,20H,1-4,7-14H2. The number of ether oxygens (including phenoxy) is 1. The molecule has 5 heteroatoms. The van der Waals surface area contributed by atoms with Gasteiger partial charge in [0.05, 0.1) is 12.3 Å². The van der Waals surface area contributed by atoms with Crippen LogP contribution in [0.4, 0.5) is 10.1 Å². The second-order valence-corrected chi connectivity index (χ2v) is 6.45. The fraction of sp³-hybridized carbons (Fsp3) is 0.667. The fourth-order valence-electron chi connectivity index (χ4n) is 3.40. The van der Waals surface area contributed by atoms with Crippen LogP contribution < -0.4 is 15.0 Å². The highest BCUT2D eigenvalue weighted by Gasteiger charge is 2.15. The Morgan fingerprint density at radius 3 is 2.57 bits per heavy atom. The summed E-state index contributed by atoms with van der Waals surface area (Å²) in [6.07, 6.45) is 5.01. The number of nitrogens with one attached hydrogen (secondary N) is 1. The van der Waals surface area contributed by atoms with Crippen LogP contribution in [0.25, 0.3) is 0 Å². The molecule has 0 aromatic heterocycles. The summed E-state index contributed by atoms with van der Waals surface area (Å²) in [5.74, 6) is 0.459. The molecule has 2 aliphatic rings. The SMILES string of the molecule is Fc1cc(OCCCN2CCCCC2)ccc1N1CCNCC1. The van der Waals surface area contributed by atoms with Crippen LogP contribution in [-0.4, -0.2) is 57.3 Å². The Hall–Kier alpha value is -1.33. The van der Waals surface area contributed by atoms with Crippen LogP contribution in [0.2, 0.25) is 0 Å². The van der Waals surface area contributed by atoms with Crippen molar-refractivity contribution >= 4 is 5.69 Å². The van der Waals surface area contributed by atoms with E-state index in [1.807, 2.05) is 12.1 Å². The van der Waals surface area contributed by atoms with Gasteiger partial charge >= 0.3 is 0 Å². The summed E-state index contributed by atoms with van der Waals surface area (Å²) in [7, 11) is 0. The molecule has 0 aliphatic carbocycles. The molecule has 2 aliphatic heterocycles. The zero-order valence-electron chi connectivity index (χ0n) is 13.9. The number of hydrogen-bond acceptors (Lipinski definition) is 4. The van der Waals surface area contributed by atoms with Gasteiger partial charge in [-0.15, -0.1) is 0 Å². The fourth-order valence-corrected chi connectivity index (χ4v) is 3.40. The van der Waals surface area contributed by atoms with Crippen LogP contribution in [0.5, 0.6) is 5.75 Å². The number of likely N-dealkylation sites (tertiary alicyclic amines) is 1. The highest BCUT2D eigenvalue weighted by atomic mass is 19.1. The first kappa shape index (κ1) is 16.5. The van der Waals surface area contributed by atoms with Crippen molar-refractivity contribution in [2.75, 3.05) is 57.3 Å². The molecule has 2 saturated heterocycles. The lowest BCUT2D eigenvalue weighted by Crippen LogP contribution is -2.43. The Kier molecular flexibility index (Phi) is 6.11. The highest BCUT2D eigenvalue weighted by molar-refractivity contribution is 5.51. The van der Waals surface area contributed by atoms with Crippen LogP contribution >= 0.6 is 0 Å². The Morgan fingerprint density at radius 2 is 1.83 bits per heavy atom. The Balaban J connectivity index is 1.44. The highest BCUT2D eigenvalue weighted by Crippen LogP contribution is 2.24. The number of nitrogens with zero attached hydrogens (tertiary/aromatic N) is 2. The predicted octanol–water partition coefficient (Wildman–Crippen LogP) is 2.49. The van der Waals surface area contributed by atoms with Crippen molar-refractivity contribution in [1.82, 2.24) is 10.2 Å². The Bertz CT molecular complexity index is 485. The maximum atomic E-state index is 14.3. The van der Waals surface area contributed by atoms with Gasteiger partial charge in [-0.25, -0.2) is 4.39 Å². The van der Waals surface area contributed by atoms with Gasteiger partial charge in [-0.3, -0.25) is 0 Å². The molecule has 0 amide bonds. The van der Waals surface area contributed by atoms with Crippen LogP contribution in [0.3, 0.4) is 0 Å². The van der Waals surface area contributed by atoms with Gasteiger partial charge in [0.25, 0.3) is 0 Å². The van der Waals surface area contributed by atoms with Gasteiger partial charge in [-0.05, 0) is 44.5 Å². The second kappa shape index (κ2) is 8.50. The summed E-state index contributed by atoms with van der Waals surface area (Å²) in [5.41, 5.74) is 0.687. The number of piperidine rings is 1. The van der Waals surface area contributed by atoms with Crippen LogP contribution in [0.1, 0.15) is 25.7 Å². The molecule has 0 spiro atoms. The van der Waals surface area contributed by atoms with Crippen molar-refractivity contribution in [3.8, 4) is 5.75 Å². The molecule has 0 unspecified atom stereocenters. The molecule has 2 fully saturated rings. The number of halogens is 1. The van der Waals surface area contributed by atoms with Gasteiger partial charge in [0.15, 0.2) is 0 Å². The molecule has 2 heterocycles. The summed E-state index contributed by atoms with van der Waals surface area (Å²) in [6, 6.07) is 5.26. The molecule has 0 atom stereocenters. The largest absolute Gasteiger partial charge is 0.493 e. The maximum Gasteiger partial charge on any atom is 0.150 e. The van der Waals surface area contributed by atoms with Crippen LogP contribution in [-0.2, 0) is 0 Å². The topological polar surface area (TPSA) is 27.7 Å². The normalized spacial score (nSPS) is 19.8. The quantitative estimate of drug-likeness (QED) is 0.815. The van der Waals surface area contributed by atoms with E-state index in [2.05, 4.69) is 15.1 Å². The van der Waals surface area contributed by atoms with Crippen LogP contribution in [0.15, 0.2) is 18.2 Å². The summed E-state index contributed by atoms with van der Waals surface area (Å²) < 4.78 is 20.0. The molecule has 1 aromatic rings. The molecule has 1 aromatic carbocycles. The first-order valence-electron chi connectivity index (χ1n) is 8.93. The van der Waals surface area contributed by atoms with E-state index < -0.39 is 0 Å². The van der Waals surface area contributed by atoms with E-state index in [0.29, 0.717) is 18.0 Å². The molecule has 0 radical (unpaired) electrons. The number of benzene rings is 1. The first-order chi connectivity index (χ1) is 11.3. The molecule has 0 saturated carbocycles. The van der Waals surface area contributed by atoms with Gasteiger partial charge in [-0.1, -0.05) is 6.42 Å². The van der Waals surface area contributed by atoms with Gasteiger partial charge in [0.1, 0.15) is 11.6 Å². The average Bonchev–Trinajstić information content (AvgIpc) is 2.60.